The smallest absolute Gasteiger partial charge is 0.193 e. The predicted octanol–water partition coefficient (Wildman–Crippen LogP) is 3.17. The summed E-state index contributed by atoms with van der Waals surface area (Å²) in [5.74, 6) is 1.95. The zero-order valence-corrected chi connectivity index (χ0v) is 15.4. The molecule has 1 aliphatic heterocycles. The van der Waals surface area contributed by atoms with Crippen molar-refractivity contribution < 1.29 is 14.2 Å². The van der Waals surface area contributed by atoms with Gasteiger partial charge >= 0.3 is 0 Å². The van der Waals surface area contributed by atoms with Gasteiger partial charge < -0.3 is 25.3 Å². The van der Waals surface area contributed by atoms with E-state index in [1.54, 1.807) is 7.11 Å². The Hall–Kier alpha value is -1.95. The Labute approximate surface area is 149 Å². The molecule has 1 fully saturated rings. The summed E-state index contributed by atoms with van der Waals surface area (Å²) in [6.45, 7) is 5.74. The number of nitrogens with one attached hydrogen (secondary N) is 1. The first-order valence-corrected chi connectivity index (χ1v) is 9.15. The van der Waals surface area contributed by atoms with E-state index in [4.69, 9.17) is 24.9 Å². The van der Waals surface area contributed by atoms with Gasteiger partial charge in [0.1, 0.15) is 0 Å². The molecular formula is C19H29N3O3. The Morgan fingerprint density at radius 2 is 2.00 bits per heavy atom. The molecular weight excluding hydrogens is 318 g/mol. The number of methoxy groups -OCH3 is 1. The molecule has 0 bridgehead atoms. The van der Waals surface area contributed by atoms with Gasteiger partial charge in [-0.15, -0.1) is 0 Å². The van der Waals surface area contributed by atoms with E-state index in [-0.39, 0.29) is 17.6 Å². The minimum atomic E-state index is 0.0891. The van der Waals surface area contributed by atoms with Gasteiger partial charge in [0, 0.05) is 30.7 Å². The van der Waals surface area contributed by atoms with Crippen molar-refractivity contribution in [2.45, 2.75) is 51.7 Å². The maximum atomic E-state index is 6.17. The molecule has 138 valence electrons. The van der Waals surface area contributed by atoms with Crippen molar-refractivity contribution in [3.05, 3.63) is 18.2 Å². The highest BCUT2D eigenvalue weighted by Crippen LogP contribution is 2.50. The zero-order valence-electron chi connectivity index (χ0n) is 15.4. The van der Waals surface area contributed by atoms with Crippen LogP contribution in [0.5, 0.6) is 11.5 Å². The van der Waals surface area contributed by atoms with Gasteiger partial charge in [0.05, 0.1) is 25.4 Å². The van der Waals surface area contributed by atoms with Gasteiger partial charge in [0.25, 0.3) is 0 Å². The fourth-order valence-corrected chi connectivity index (χ4v) is 4.00. The van der Waals surface area contributed by atoms with Crippen LogP contribution in [0, 0.1) is 5.41 Å². The predicted molar refractivity (Wildman–Crippen MR) is 99.5 cm³/mol. The highest BCUT2D eigenvalue weighted by molar-refractivity contribution is 5.92. The molecule has 3 N–H and O–H groups in total. The number of benzene rings is 1. The average Bonchev–Trinajstić information content (AvgIpc) is 2.84. The summed E-state index contributed by atoms with van der Waals surface area (Å²) in [7, 11) is 1.78. The number of nitrogens with zero attached hydrogens (tertiary/aromatic N) is 1. The molecule has 0 radical (unpaired) electrons. The Morgan fingerprint density at radius 1 is 1.28 bits per heavy atom. The molecule has 1 aromatic carbocycles. The second kappa shape index (κ2) is 7.52. The molecule has 1 aliphatic carbocycles. The Morgan fingerprint density at radius 3 is 2.68 bits per heavy atom. The molecule has 25 heavy (non-hydrogen) atoms. The molecule has 1 aromatic rings. The summed E-state index contributed by atoms with van der Waals surface area (Å²) in [5, 5.41) is 3.18. The Balaban J connectivity index is 1.71. The van der Waals surface area contributed by atoms with Crippen LogP contribution in [-0.4, -0.2) is 38.4 Å². The topological polar surface area (TPSA) is 78.1 Å². The molecule has 2 unspecified atom stereocenters. The molecule has 0 amide bonds. The van der Waals surface area contributed by atoms with E-state index in [2.05, 4.69) is 19.2 Å². The number of nitrogens with two attached hydrogens (primary N) is 1. The van der Waals surface area contributed by atoms with E-state index in [1.807, 2.05) is 18.2 Å². The summed E-state index contributed by atoms with van der Waals surface area (Å²) in [6.07, 6.45) is 4.14. The minimum Gasteiger partial charge on any atom is -0.490 e. The van der Waals surface area contributed by atoms with Gasteiger partial charge in [-0.3, -0.25) is 0 Å². The van der Waals surface area contributed by atoms with Crippen molar-refractivity contribution in [3.63, 3.8) is 0 Å². The summed E-state index contributed by atoms with van der Waals surface area (Å²) in [6, 6.07) is 5.94. The summed E-state index contributed by atoms with van der Waals surface area (Å²) < 4.78 is 17.0. The van der Waals surface area contributed by atoms with Crippen LogP contribution in [0.4, 0.5) is 5.69 Å². The lowest BCUT2D eigenvalue weighted by molar-refractivity contribution is -0.111. The highest BCUT2D eigenvalue weighted by atomic mass is 16.5. The molecule has 2 aliphatic rings. The van der Waals surface area contributed by atoms with Gasteiger partial charge in [-0.25, -0.2) is 4.99 Å². The SMILES string of the molecule is CCC1(CC)C(N=C(N)Nc2ccc3c(c2)OCCCO3)CC1OC. The van der Waals surface area contributed by atoms with Gasteiger partial charge in [-0.05, 0) is 31.4 Å². The molecule has 0 aromatic heterocycles. The van der Waals surface area contributed by atoms with E-state index in [9.17, 15) is 0 Å². The van der Waals surface area contributed by atoms with E-state index < -0.39 is 0 Å². The van der Waals surface area contributed by atoms with Gasteiger partial charge in [-0.2, -0.15) is 0 Å². The molecule has 0 saturated heterocycles. The maximum Gasteiger partial charge on any atom is 0.193 e. The third kappa shape index (κ3) is 3.40. The van der Waals surface area contributed by atoms with Crippen LogP contribution in [0.1, 0.15) is 39.5 Å². The monoisotopic (exact) mass is 347 g/mol. The number of ether oxygens (including phenoxy) is 3. The van der Waals surface area contributed by atoms with Crippen LogP contribution < -0.4 is 20.5 Å². The van der Waals surface area contributed by atoms with E-state index in [1.165, 1.54) is 0 Å². The first kappa shape index (κ1) is 17.9. The van der Waals surface area contributed by atoms with Crippen molar-refractivity contribution in [1.29, 1.82) is 0 Å². The minimum absolute atomic E-state index is 0.0891. The number of guanidine groups is 1. The lowest BCUT2D eigenvalue weighted by atomic mass is 9.59. The van der Waals surface area contributed by atoms with Crippen LogP contribution in [0.3, 0.4) is 0 Å². The number of aliphatic imine (C=N–C) groups is 1. The third-order valence-electron chi connectivity index (χ3n) is 5.66. The van der Waals surface area contributed by atoms with Gasteiger partial charge in [0.15, 0.2) is 17.5 Å². The number of hydrogen-bond donors (Lipinski definition) is 2. The summed E-state index contributed by atoms with van der Waals surface area (Å²) in [4.78, 5) is 4.73. The standard InChI is InChI=1S/C19H29N3O3/c1-4-19(5-2)16(12-17(19)23-3)22-18(20)21-13-7-8-14-15(11-13)25-10-6-9-24-14/h7-8,11,16-17H,4-6,9-10,12H2,1-3H3,(H3,20,21,22). The Bertz CT molecular complexity index is 628. The van der Waals surface area contributed by atoms with Gasteiger partial charge in [-0.1, -0.05) is 13.8 Å². The number of rotatable bonds is 5. The van der Waals surface area contributed by atoms with Crippen molar-refractivity contribution in [2.24, 2.45) is 16.1 Å². The molecule has 6 nitrogen and oxygen atoms in total. The second-order valence-electron chi connectivity index (χ2n) is 6.77. The number of fused-ring (bicyclic) bond motifs is 1. The average molecular weight is 347 g/mol. The van der Waals surface area contributed by atoms with Crippen LogP contribution >= 0.6 is 0 Å². The highest BCUT2D eigenvalue weighted by Gasteiger charge is 2.53. The lowest BCUT2D eigenvalue weighted by Gasteiger charge is -2.53. The van der Waals surface area contributed by atoms with E-state index >= 15 is 0 Å². The molecule has 6 heteroatoms. The van der Waals surface area contributed by atoms with Crippen LogP contribution in [0.25, 0.3) is 0 Å². The van der Waals surface area contributed by atoms with Crippen LogP contribution in [0.15, 0.2) is 23.2 Å². The molecule has 1 heterocycles. The molecule has 3 rings (SSSR count). The van der Waals surface area contributed by atoms with Crippen molar-refractivity contribution in [2.75, 3.05) is 25.6 Å². The zero-order chi connectivity index (χ0) is 17.9. The van der Waals surface area contributed by atoms with Crippen LogP contribution in [-0.2, 0) is 4.74 Å². The largest absolute Gasteiger partial charge is 0.490 e. The molecule has 0 spiro atoms. The van der Waals surface area contributed by atoms with E-state index in [0.717, 1.165) is 42.9 Å². The fraction of sp³-hybridized carbons (Fsp3) is 0.632. The van der Waals surface area contributed by atoms with Gasteiger partial charge in [0.2, 0.25) is 0 Å². The van der Waals surface area contributed by atoms with Crippen molar-refractivity contribution >= 4 is 11.6 Å². The summed E-state index contributed by atoms with van der Waals surface area (Å²) >= 11 is 0. The first-order chi connectivity index (χ1) is 12.1. The fourth-order valence-electron chi connectivity index (χ4n) is 4.00. The summed E-state index contributed by atoms with van der Waals surface area (Å²) in [5.41, 5.74) is 7.11. The van der Waals surface area contributed by atoms with Crippen LogP contribution in [0.2, 0.25) is 0 Å². The normalized spacial score (nSPS) is 25.0. The third-order valence-corrected chi connectivity index (χ3v) is 5.66. The van der Waals surface area contributed by atoms with Crippen molar-refractivity contribution in [3.8, 4) is 11.5 Å². The first-order valence-electron chi connectivity index (χ1n) is 9.15. The maximum absolute atomic E-state index is 6.17. The molecule has 2 atom stereocenters. The quantitative estimate of drug-likeness (QED) is 0.632. The number of hydrogen-bond acceptors (Lipinski definition) is 4. The Kier molecular flexibility index (Phi) is 5.37. The van der Waals surface area contributed by atoms with E-state index in [0.29, 0.717) is 19.2 Å². The lowest BCUT2D eigenvalue weighted by Crippen LogP contribution is -2.57. The van der Waals surface area contributed by atoms with Crippen molar-refractivity contribution in [1.82, 2.24) is 0 Å². The molecule has 1 saturated carbocycles. The second-order valence-corrected chi connectivity index (χ2v) is 6.77. The number of anilines is 1.